The number of amides is 1. The number of piperidine rings is 1. The second kappa shape index (κ2) is 13.1. The summed E-state index contributed by atoms with van der Waals surface area (Å²) in [5.41, 5.74) is 10.5. The zero-order valence-corrected chi connectivity index (χ0v) is 24.5. The van der Waals surface area contributed by atoms with E-state index in [-0.39, 0.29) is 40.9 Å². The summed E-state index contributed by atoms with van der Waals surface area (Å²) in [6, 6.07) is 15.9. The molecule has 3 aromatic rings. The SMILES string of the molecule is COc1ccc(COc2cc(OC[C@@H](O)CN3CCC4(CC3)Cc3cc(Cl)ccc3O4)c(C(=O)N=[N+]=[N-])cc2Cl)cc1. The minimum Gasteiger partial charge on any atom is -0.497 e. The van der Waals surface area contributed by atoms with E-state index in [1.807, 2.05) is 42.5 Å². The number of hydrogen-bond acceptors (Lipinski definition) is 7. The standard InChI is InChI=1S/C30H30Cl2N4O6/c1-39-23-5-2-19(3-6-23)17-40-28-14-27(24(13-25(28)32)29(38)34-35-33)41-18-22(37)16-36-10-8-30(9-11-36)15-20-12-21(31)4-7-26(20)42-30/h2-7,12-14,22,37H,8-11,15-18H2,1H3/t22-/m0/s1. The highest BCUT2D eigenvalue weighted by Crippen LogP contribution is 2.42. The molecular weight excluding hydrogens is 583 g/mol. The quantitative estimate of drug-likeness (QED) is 0.163. The molecule has 0 aliphatic carbocycles. The van der Waals surface area contributed by atoms with E-state index in [1.54, 1.807) is 7.11 Å². The Balaban J connectivity index is 1.19. The first-order valence-electron chi connectivity index (χ1n) is 13.5. The highest BCUT2D eigenvalue weighted by molar-refractivity contribution is 6.32. The molecule has 2 aliphatic rings. The summed E-state index contributed by atoms with van der Waals surface area (Å²) >= 11 is 12.5. The number of β-amino-alcohol motifs (C(OH)–C–C–N with tert-alkyl or cyclic N) is 1. The Morgan fingerprint density at radius 1 is 1.12 bits per heavy atom. The van der Waals surface area contributed by atoms with Crippen molar-refractivity contribution in [2.24, 2.45) is 5.11 Å². The maximum Gasteiger partial charge on any atom is 0.252 e. The van der Waals surface area contributed by atoms with Crippen LogP contribution in [0.3, 0.4) is 0 Å². The van der Waals surface area contributed by atoms with Gasteiger partial charge in [-0.25, -0.2) is 0 Å². The molecule has 0 unspecified atom stereocenters. The fourth-order valence-corrected chi connectivity index (χ4v) is 5.68. The molecule has 0 bridgehead atoms. The molecule has 12 heteroatoms. The second-order valence-electron chi connectivity index (χ2n) is 10.4. The number of ether oxygens (including phenoxy) is 4. The van der Waals surface area contributed by atoms with Gasteiger partial charge in [0.05, 0.1) is 17.7 Å². The summed E-state index contributed by atoms with van der Waals surface area (Å²) in [6.07, 6.45) is 1.62. The molecule has 2 aliphatic heterocycles. The van der Waals surface area contributed by atoms with Crippen LogP contribution in [0.2, 0.25) is 10.0 Å². The van der Waals surface area contributed by atoms with Crippen LogP contribution in [0.15, 0.2) is 59.7 Å². The number of carbonyl (C=O) groups is 1. The second-order valence-corrected chi connectivity index (χ2v) is 11.2. The van der Waals surface area contributed by atoms with Crippen LogP contribution >= 0.6 is 23.2 Å². The highest BCUT2D eigenvalue weighted by Gasteiger charge is 2.42. The first-order chi connectivity index (χ1) is 20.3. The summed E-state index contributed by atoms with van der Waals surface area (Å²) < 4.78 is 23.2. The Hall–Kier alpha value is -3.66. The average Bonchev–Trinajstić information content (AvgIpc) is 3.34. The van der Waals surface area contributed by atoms with E-state index < -0.39 is 12.0 Å². The maximum atomic E-state index is 12.5. The number of aliphatic hydroxyl groups is 1. The lowest BCUT2D eigenvalue weighted by Crippen LogP contribution is -2.49. The zero-order chi connectivity index (χ0) is 29.7. The molecular formula is C30H30Cl2N4O6. The fraction of sp³-hybridized carbons (Fsp3) is 0.367. The molecule has 1 atom stereocenters. The number of rotatable bonds is 10. The van der Waals surface area contributed by atoms with Crippen molar-refractivity contribution < 1.29 is 28.8 Å². The summed E-state index contributed by atoms with van der Waals surface area (Å²) in [6.45, 7) is 1.99. The van der Waals surface area contributed by atoms with Crippen molar-refractivity contribution in [1.82, 2.24) is 4.90 Å². The number of likely N-dealkylation sites (tertiary alicyclic amines) is 1. The molecule has 0 radical (unpaired) electrons. The van der Waals surface area contributed by atoms with E-state index in [9.17, 15) is 9.90 Å². The van der Waals surface area contributed by atoms with Gasteiger partial charge >= 0.3 is 0 Å². The molecule has 220 valence electrons. The summed E-state index contributed by atoms with van der Waals surface area (Å²) in [4.78, 5) is 17.2. The number of fused-ring (bicyclic) bond motifs is 1. The number of nitrogens with zero attached hydrogens (tertiary/aromatic N) is 4. The lowest BCUT2D eigenvalue weighted by molar-refractivity contribution is -0.00200. The molecule has 1 saturated heterocycles. The minimum absolute atomic E-state index is 0.0280. The third-order valence-electron chi connectivity index (χ3n) is 7.48. The topological polar surface area (TPSA) is 126 Å². The zero-order valence-electron chi connectivity index (χ0n) is 23.0. The van der Waals surface area contributed by atoms with Gasteiger partial charge in [0.15, 0.2) is 0 Å². The Labute approximate surface area is 253 Å². The monoisotopic (exact) mass is 612 g/mol. The van der Waals surface area contributed by atoms with Gasteiger partial charge in [-0.05, 0) is 58.2 Å². The molecule has 0 aromatic heterocycles. The van der Waals surface area contributed by atoms with E-state index in [0.717, 1.165) is 55.0 Å². The number of carbonyl (C=O) groups excluding carboxylic acids is 1. The molecule has 42 heavy (non-hydrogen) atoms. The molecule has 10 nitrogen and oxygen atoms in total. The number of methoxy groups -OCH3 is 1. The van der Waals surface area contributed by atoms with Crippen LogP contribution in [0.1, 0.15) is 34.3 Å². The lowest BCUT2D eigenvalue weighted by Gasteiger charge is -2.39. The van der Waals surface area contributed by atoms with Gasteiger partial charge in [-0.1, -0.05) is 35.3 Å². The average molecular weight is 613 g/mol. The molecule has 1 amide bonds. The predicted octanol–water partition coefficient (Wildman–Crippen LogP) is 6.24. The molecule has 5 rings (SSSR count). The van der Waals surface area contributed by atoms with Crippen molar-refractivity contribution in [3.8, 4) is 23.0 Å². The van der Waals surface area contributed by atoms with E-state index in [0.29, 0.717) is 11.6 Å². The van der Waals surface area contributed by atoms with E-state index in [2.05, 4.69) is 14.9 Å². The van der Waals surface area contributed by atoms with Gasteiger partial charge in [0.2, 0.25) is 0 Å². The van der Waals surface area contributed by atoms with Crippen LogP contribution in [0.5, 0.6) is 23.0 Å². The van der Waals surface area contributed by atoms with Crippen LogP contribution in [0, 0.1) is 0 Å². The predicted molar refractivity (Wildman–Crippen MR) is 158 cm³/mol. The molecule has 0 saturated carbocycles. The Kier molecular flexibility index (Phi) is 9.30. The van der Waals surface area contributed by atoms with Crippen molar-refractivity contribution >= 4 is 29.1 Å². The van der Waals surface area contributed by atoms with E-state index >= 15 is 0 Å². The third-order valence-corrected chi connectivity index (χ3v) is 8.01. The number of hydrogen-bond donors (Lipinski definition) is 1. The van der Waals surface area contributed by atoms with Crippen LogP contribution in [0.25, 0.3) is 10.4 Å². The molecule has 1 fully saturated rings. The smallest absolute Gasteiger partial charge is 0.252 e. The molecule has 1 N–H and O–H groups in total. The van der Waals surface area contributed by atoms with Crippen molar-refractivity contribution in [2.75, 3.05) is 33.4 Å². The van der Waals surface area contributed by atoms with Gasteiger partial charge in [-0.2, -0.15) is 0 Å². The highest BCUT2D eigenvalue weighted by atomic mass is 35.5. The number of benzene rings is 3. The van der Waals surface area contributed by atoms with Crippen LogP contribution < -0.4 is 18.9 Å². The Morgan fingerprint density at radius 3 is 2.60 bits per heavy atom. The summed E-state index contributed by atoms with van der Waals surface area (Å²) in [5.74, 6) is 1.12. The molecule has 2 heterocycles. The van der Waals surface area contributed by atoms with Gasteiger partial charge < -0.3 is 29.0 Å². The van der Waals surface area contributed by atoms with Gasteiger partial charge in [-0.3, -0.25) is 4.79 Å². The fourth-order valence-electron chi connectivity index (χ4n) is 5.27. The van der Waals surface area contributed by atoms with Crippen molar-refractivity contribution in [1.29, 1.82) is 0 Å². The van der Waals surface area contributed by atoms with Crippen molar-refractivity contribution in [3.63, 3.8) is 0 Å². The number of halogens is 2. The summed E-state index contributed by atoms with van der Waals surface area (Å²) in [7, 11) is 1.59. The Bertz CT molecular complexity index is 1490. The third kappa shape index (κ3) is 7.03. The van der Waals surface area contributed by atoms with Gasteiger partial charge in [-0.15, -0.1) is 0 Å². The van der Waals surface area contributed by atoms with Gasteiger partial charge in [0.25, 0.3) is 5.91 Å². The number of aliphatic hydroxyl groups excluding tert-OH is 1. The van der Waals surface area contributed by atoms with E-state index in [4.69, 9.17) is 47.7 Å². The van der Waals surface area contributed by atoms with Gasteiger partial charge in [0, 0.05) is 54.9 Å². The maximum absolute atomic E-state index is 12.5. The van der Waals surface area contributed by atoms with Crippen LogP contribution in [-0.4, -0.2) is 61.0 Å². The largest absolute Gasteiger partial charge is 0.497 e. The van der Waals surface area contributed by atoms with Crippen LogP contribution in [0.4, 0.5) is 0 Å². The first-order valence-corrected chi connectivity index (χ1v) is 14.2. The first kappa shape index (κ1) is 29.8. The number of azide groups is 1. The minimum atomic E-state index is -0.856. The Morgan fingerprint density at radius 2 is 1.88 bits per heavy atom. The molecule has 3 aromatic carbocycles. The van der Waals surface area contributed by atoms with Crippen molar-refractivity contribution in [3.05, 3.63) is 91.8 Å². The molecule has 1 spiro atoms. The summed E-state index contributed by atoms with van der Waals surface area (Å²) in [5, 5.41) is 14.8. The van der Waals surface area contributed by atoms with E-state index in [1.165, 1.54) is 12.1 Å². The van der Waals surface area contributed by atoms with Crippen molar-refractivity contribution in [2.45, 2.75) is 37.6 Å². The normalized spacial score (nSPS) is 16.2. The lowest BCUT2D eigenvalue weighted by atomic mass is 9.87. The van der Waals surface area contributed by atoms with Crippen LogP contribution in [-0.2, 0) is 13.0 Å². The van der Waals surface area contributed by atoms with Gasteiger partial charge in [0.1, 0.15) is 47.9 Å².